The quantitative estimate of drug-likeness (QED) is 0.379. The first kappa shape index (κ1) is 18.7. The van der Waals surface area contributed by atoms with Gasteiger partial charge in [0.15, 0.2) is 0 Å². The van der Waals surface area contributed by atoms with Gasteiger partial charge in [0.05, 0.1) is 0 Å². The van der Waals surface area contributed by atoms with Crippen molar-refractivity contribution in [2.45, 2.75) is 0 Å². The van der Waals surface area contributed by atoms with Crippen LogP contribution in [0.15, 0.2) is 98.1 Å². The summed E-state index contributed by atoms with van der Waals surface area (Å²) in [5.74, 6) is 1.79. The molecule has 0 aliphatic heterocycles. The van der Waals surface area contributed by atoms with Gasteiger partial charge in [-0.15, -0.1) is 0 Å². The fraction of sp³-hybridized carbons (Fsp3) is 0. The number of pyridine rings is 4. The third-order valence-corrected chi connectivity index (χ3v) is 7.59. The van der Waals surface area contributed by atoms with Crippen molar-refractivity contribution < 1.29 is 15.1 Å². The van der Waals surface area contributed by atoms with Crippen molar-refractivity contribution in [3.8, 4) is 23.0 Å². The van der Waals surface area contributed by atoms with Crippen LogP contribution >= 0.6 is 0 Å². The van der Waals surface area contributed by atoms with Crippen LogP contribution in [-0.4, -0.2) is 34.5 Å². The summed E-state index contributed by atoms with van der Waals surface area (Å²) in [6.45, 7) is 0. The monoisotopic (exact) mass is 450 g/mol. The van der Waals surface area contributed by atoms with E-state index in [1.807, 2.05) is 0 Å². The first-order valence-electron chi connectivity index (χ1n) is 8.67. The Hall–Kier alpha value is -3.66. The van der Waals surface area contributed by atoms with E-state index in [1.165, 1.54) is 0 Å². The van der Waals surface area contributed by atoms with E-state index in [0.29, 0.717) is 23.0 Å². The predicted octanol–water partition coefficient (Wildman–Crippen LogP) is 3.32. The molecule has 144 valence electrons. The Labute approximate surface area is 170 Å². The minimum atomic E-state index is -4.58. The molecule has 0 fully saturated rings. The van der Waals surface area contributed by atoms with E-state index in [9.17, 15) is 0 Å². The van der Waals surface area contributed by atoms with Gasteiger partial charge in [0.25, 0.3) is 0 Å². The van der Waals surface area contributed by atoms with Crippen LogP contribution in [0.2, 0.25) is 0 Å². The van der Waals surface area contributed by atoms with E-state index in [0.717, 1.165) is 0 Å². The molecule has 0 amide bonds. The molecule has 0 unspecified atom stereocenters. The van der Waals surface area contributed by atoms with E-state index in [2.05, 4.69) is 19.9 Å². The third kappa shape index (κ3) is 5.20. The Bertz CT molecular complexity index is 840. The molecule has 9 heteroatoms. The predicted molar refractivity (Wildman–Crippen MR) is 105 cm³/mol. The van der Waals surface area contributed by atoms with E-state index in [-0.39, 0.29) is 0 Å². The number of aromatic nitrogens is 4. The van der Waals surface area contributed by atoms with Crippen LogP contribution in [0, 0.1) is 0 Å². The number of hydrogen-bond donors (Lipinski definition) is 0. The average molecular weight is 449 g/mol. The van der Waals surface area contributed by atoms with Crippen molar-refractivity contribution >= 4 is 14.6 Å². The summed E-state index contributed by atoms with van der Waals surface area (Å²) in [5, 5.41) is 0. The van der Waals surface area contributed by atoms with Crippen LogP contribution in [0.3, 0.4) is 0 Å². The molecule has 0 saturated heterocycles. The van der Waals surface area contributed by atoms with E-state index < -0.39 is 14.6 Å². The van der Waals surface area contributed by atoms with Crippen molar-refractivity contribution in [3.05, 3.63) is 98.1 Å². The van der Waals surface area contributed by atoms with Crippen molar-refractivity contribution in [2.24, 2.45) is 0 Å². The van der Waals surface area contributed by atoms with E-state index >= 15 is 0 Å². The SMILES string of the molecule is c1cncc([O][Ge]([O]c2cccnc2)([O]c2cccnc2)[O]c2cccnc2)c1. The van der Waals surface area contributed by atoms with Crippen LogP contribution in [0.1, 0.15) is 0 Å². The first-order valence-corrected chi connectivity index (χ1v) is 12.1. The number of hydrogen-bond acceptors (Lipinski definition) is 8. The second-order valence-corrected chi connectivity index (χ2v) is 9.47. The van der Waals surface area contributed by atoms with Gasteiger partial charge in [-0.25, -0.2) is 0 Å². The molecule has 0 bridgehead atoms. The molecule has 29 heavy (non-hydrogen) atoms. The molecule has 0 saturated carbocycles. The standard InChI is InChI=1S/C20H16GeN4O4/c1-5-17(13-22-9-1)26-21(27-18-6-2-10-23-14-18,28-19-7-3-11-24-15-19)29-20-8-4-12-25-16-20/h1-16H. The molecule has 4 rings (SSSR count). The van der Waals surface area contributed by atoms with Crippen molar-refractivity contribution in [3.63, 3.8) is 0 Å². The van der Waals surface area contributed by atoms with E-state index in [4.69, 9.17) is 15.1 Å². The Morgan fingerprint density at radius 2 is 0.724 bits per heavy atom. The van der Waals surface area contributed by atoms with Crippen LogP contribution in [0.4, 0.5) is 0 Å². The molecule has 4 aromatic rings. The fourth-order valence-corrected chi connectivity index (χ4v) is 6.29. The zero-order valence-corrected chi connectivity index (χ0v) is 17.3. The van der Waals surface area contributed by atoms with Crippen LogP contribution < -0.4 is 15.1 Å². The fourth-order valence-electron chi connectivity index (χ4n) is 2.33. The molecule has 0 aliphatic carbocycles. The molecule has 8 nitrogen and oxygen atoms in total. The maximum absolute atomic E-state index is 6.19. The van der Waals surface area contributed by atoms with Gasteiger partial charge in [0.2, 0.25) is 0 Å². The summed E-state index contributed by atoms with van der Waals surface area (Å²) in [7, 11) is 0. The zero-order chi connectivity index (χ0) is 19.8. The normalized spacial score (nSPS) is 10.8. The molecule has 0 spiro atoms. The third-order valence-electron chi connectivity index (χ3n) is 3.51. The van der Waals surface area contributed by atoms with E-state index in [1.54, 1.807) is 98.1 Å². The summed E-state index contributed by atoms with van der Waals surface area (Å²) >= 11 is -4.58. The van der Waals surface area contributed by atoms with Crippen LogP contribution in [-0.2, 0) is 0 Å². The topological polar surface area (TPSA) is 88.5 Å². The Kier molecular flexibility index (Phi) is 5.82. The van der Waals surface area contributed by atoms with Crippen molar-refractivity contribution in [2.75, 3.05) is 0 Å². The van der Waals surface area contributed by atoms with Gasteiger partial charge in [-0.2, -0.15) is 0 Å². The molecule has 0 radical (unpaired) electrons. The Balaban J connectivity index is 1.75. The Morgan fingerprint density at radius 1 is 0.448 bits per heavy atom. The van der Waals surface area contributed by atoms with Crippen molar-refractivity contribution in [1.29, 1.82) is 0 Å². The molecule has 0 aromatic carbocycles. The molecule has 0 atom stereocenters. The van der Waals surface area contributed by atoms with Gasteiger partial charge in [-0.05, 0) is 0 Å². The summed E-state index contributed by atoms with van der Waals surface area (Å²) < 4.78 is 24.8. The number of rotatable bonds is 8. The van der Waals surface area contributed by atoms with Gasteiger partial charge in [-0.3, -0.25) is 0 Å². The molecule has 4 aromatic heterocycles. The summed E-state index contributed by atoms with van der Waals surface area (Å²) in [4.78, 5) is 16.4. The van der Waals surface area contributed by atoms with Crippen LogP contribution in [0.5, 0.6) is 23.0 Å². The Morgan fingerprint density at radius 3 is 0.931 bits per heavy atom. The van der Waals surface area contributed by atoms with Gasteiger partial charge in [-0.1, -0.05) is 0 Å². The summed E-state index contributed by atoms with van der Waals surface area (Å²) in [6, 6.07) is 14.0. The summed E-state index contributed by atoms with van der Waals surface area (Å²) in [5.41, 5.74) is 0. The molecule has 0 aliphatic rings. The molecule has 0 N–H and O–H groups in total. The van der Waals surface area contributed by atoms with Crippen LogP contribution in [0.25, 0.3) is 0 Å². The number of nitrogens with zero attached hydrogens (tertiary/aromatic N) is 4. The second kappa shape index (κ2) is 9.02. The van der Waals surface area contributed by atoms with Crippen molar-refractivity contribution in [1.82, 2.24) is 19.9 Å². The molecule has 4 heterocycles. The average Bonchev–Trinajstić information content (AvgIpc) is 2.76. The first-order chi connectivity index (χ1) is 14.3. The zero-order valence-electron chi connectivity index (χ0n) is 15.2. The second-order valence-electron chi connectivity index (χ2n) is 5.66. The van der Waals surface area contributed by atoms with Gasteiger partial charge in [0.1, 0.15) is 0 Å². The van der Waals surface area contributed by atoms with Gasteiger partial charge >= 0.3 is 171 Å². The van der Waals surface area contributed by atoms with Gasteiger partial charge in [0, 0.05) is 0 Å². The maximum atomic E-state index is 6.19. The molecular formula is C20H16GeN4O4. The summed E-state index contributed by atoms with van der Waals surface area (Å²) in [6.07, 6.45) is 12.8. The van der Waals surface area contributed by atoms with Gasteiger partial charge < -0.3 is 0 Å². The minimum absolute atomic E-state index is 0.448. The molecular weight excluding hydrogens is 433 g/mol.